The Labute approximate surface area is 92.0 Å². The van der Waals surface area contributed by atoms with Crippen molar-refractivity contribution in [3.63, 3.8) is 0 Å². The first-order chi connectivity index (χ1) is 6.99. The van der Waals surface area contributed by atoms with E-state index in [0.29, 0.717) is 13.0 Å². The zero-order chi connectivity index (χ0) is 11.4. The van der Waals surface area contributed by atoms with E-state index in [1.54, 1.807) is 0 Å². The highest BCUT2D eigenvalue weighted by Gasteiger charge is 2.28. The number of hydrogen-bond acceptors (Lipinski definition) is 4. The quantitative estimate of drug-likeness (QED) is 0.527. The number of nitrogens with one attached hydrogen (secondary N) is 1. The van der Waals surface area contributed by atoms with Gasteiger partial charge in [-0.3, -0.25) is 14.4 Å². The summed E-state index contributed by atoms with van der Waals surface area (Å²) in [6.45, 7) is -0.0865. The first kappa shape index (κ1) is 11.8. The largest absolute Gasteiger partial charge is 0.480 e. The molecule has 2 amide bonds. The maximum Gasteiger partial charge on any atom is 0.322 e. The third-order valence-electron chi connectivity index (χ3n) is 1.97. The Bertz CT molecular complexity index is 294. The zero-order valence-corrected chi connectivity index (χ0v) is 8.87. The van der Waals surface area contributed by atoms with E-state index in [9.17, 15) is 14.4 Å². The molecule has 1 atom stereocenters. The van der Waals surface area contributed by atoms with E-state index < -0.39 is 18.4 Å². The molecular weight excluding hydrogens is 220 g/mol. The predicted octanol–water partition coefficient (Wildman–Crippen LogP) is -1.28. The minimum atomic E-state index is -1.11. The average Bonchev–Trinajstić information content (AvgIpc) is 2.42. The van der Waals surface area contributed by atoms with Crippen molar-refractivity contribution in [3.8, 4) is 0 Å². The van der Waals surface area contributed by atoms with Crippen LogP contribution in [0, 0.1) is 0 Å². The minimum absolute atomic E-state index is 0.0372. The van der Waals surface area contributed by atoms with Crippen LogP contribution in [-0.4, -0.2) is 52.7 Å². The third kappa shape index (κ3) is 3.78. The summed E-state index contributed by atoms with van der Waals surface area (Å²) in [5.41, 5.74) is 0. The van der Waals surface area contributed by atoms with Gasteiger partial charge < -0.3 is 15.3 Å². The van der Waals surface area contributed by atoms with Crippen LogP contribution in [0.15, 0.2) is 0 Å². The zero-order valence-electron chi connectivity index (χ0n) is 7.97. The van der Waals surface area contributed by atoms with Gasteiger partial charge in [-0.2, -0.15) is 12.6 Å². The highest BCUT2D eigenvalue weighted by Crippen LogP contribution is 2.14. The highest BCUT2D eigenvalue weighted by molar-refractivity contribution is 7.81. The van der Waals surface area contributed by atoms with Gasteiger partial charge in [-0.25, -0.2) is 0 Å². The molecule has 15 heavy (non-hydrogen) atoms. The van der Waals surface area contributed by atoms with Gasteiger partial charge in [0.05, 0.1) is 6.54 Å². The Hall–Kier alpha value is -1.24. The number of aliphatic carboxylic acids is 1. The molecule has 1 rings (SSSR count). The summed E-state index contributed by atoms with van der Waals surface area (Å²) >= 11 is 4.13. The lowest BCUT2D eigenvalue weighted by Crippen LogP contribution is -2.40. The van der Waals surface area contributed by atoms with E-state index in [0.717, 1.165) is 0 Å². The van der Waals surface area contributed by atoms with Crippen molar-refractivity contribution < 1.29 is 19.5 Å². The fourth-order valence-corrected chi connectivity index (χ4v) is 1.66. The van der Waals surface area contributed by atoms with Crippen LogP contribution < -0.4 is 5.32 Å². The van der Waals surface area contributed by atoms with Crippen molar-refractivity contribution in [1.29, 1.82) is 0 Å². The highest BCUT2D eigenvalue weighted by atomic mass is 32.1. The normalized spacial score (nSPS) is 20.5. The molecule has 1 unspecified atom stereocenters. The molecule has 0 spiro atoms. The molecule has 1 saturated heterocycles. The number of thiol groups is 1. The van der Waals surface area contributed by atoms with Crippen LogP contribution in [-0.2, 0) is 14.4 Å². The van der Waals surface area contributed by atoms with Gasteiger partial charge in [0.2, 0.25) is 11.8 Å². The molecule has 0 saturated carbocycles. The molecule has 0 aromatic carbocycles. The first-order valence-corrected chi connectivity index (χ1v) is 4.95. The van der Waals surface area contributed by atoms with Crippen LogP contribution in [0.5, 0.6) is 0 Å². The van der Waals surface area contributed by atoms with Crippen LogP contribution in [0.1, 0.15) is 6.42 Å². The number of amides is 2. The Morgan fingerprint density at radius 3 is 2.73 bits per heavy atom. The molecule has 1 heterocycles. The molecule has 2 N–H and O–H groups in total. The second-order valence-electron chi connectivity index (χ2n) is 3.30. The Kier molecular flexibility index (Phi) is 3.96. The van der Waals surface area contributed by atoms with Crippen molar-refractivity contribution in [2.24, 2.45) is 0 Å². The number of likely N-dealkylation sites (tertiary alicyclic amines) is 1. The average molecular weight is 232 g/mol. The Morgan fingerprint density at radius 1 is 1.60 bits per heavy atom. The van der Waals surface area contributed by atoms with Crippen molar-refractivity contribution in [2.75, 3.05) is 19.6 Å². The number of carboxylic acid groups (broad SMARTS) is 1. The molecule has 0 bridgehead atoms. The number of carboxylic acids is 1. The number of nitrogens with zero attached hydrogens (tertiary/aromatic N) is 1. The van der Waals surface area contributed by atoms with E-state index >= 15 is 0 Å². The summed E-state index contributed by atoms with van der Waals surface area (Å²) in [5, 5.41) is 10.5. The molecule has 1 aliphatic heterocycles. The van der Waals surface area contributed by atoms with Crippen LogP contribution in [0.4, 0.5) is 0 Å². The molecule has 0 radical (unpaired) electrons. The van der Waals surface area contributed by atoms with Crippen molar-refractivity contribution in [1.82, 2.24) is 10.2 Å². The monoisotopic (exact) mass is 232 g/mol. The van der Waals surface area contributed by atoms with Gasteiger partial charge in [0.15, 0.2) is 0 Å². The van der Waals surface area contributed by atoms with Gasteiger partial charge in [0.25, 0.3) is 0 Å². The number of carbonyl (C=O) groups excluding carboxylic acids is 2. The Balaban J connectivity index is 2.32. The van der Waals surface area contributed by atoms with Crippen LogP contribution in [0.2, 0.25) is 0 Å². The van der Waals surface area contributed by atoms with Gasteiger partial charge in [-0.05, 0) is 0 Å². The summed E-state index contributed by atoms with van der Waals surface area (Å²) in [4.78, 5) is 33.9. The molecule has 0 aromatic heterocycles. The molecule has 0 aromatic rings. The second-order valence-corrected chi connectivity index (χ2v) is 4.03. The maximum absolute atomic E-state index is 11.2. The maximum atomic E-state index is 11.2. The van der Waals surface area contributed by atoms with E-state index in [2.05, 4.69) is 17.9 Å². The minimum Gasteiger partial charge on any atom is -0.480 e. The summed E-state index contributed by atoms with van der Waals surface area (Å²) in [5.74, 6) is -1.70. The number of hydrogen-bond donors (Lipinski definition) is 3. The van der Waals surface area contributed by atoms with Crippen molar-refractivity contribution >= 4 is 30.4 Å². The van der Waals surface area contributed by atoms with Gasteiger partial charge in [-0.1, -0.05) is 0 Å². The Morgan fingerprint density at radius 2 is 2.27 bits per heavy atom. The lowest BCUT2D eigenvalue weighted by molar-refractivity contribution is -0.138. The third-order valence-corrected chi connectivity index (χ3v) is 2.31. The summed E-state index contributed by atoms with van der Waals surface area (Å²) in [7, 11) is 0. The predicted molar refractivity (Wildman–Crippen MR) is 54.6 cm³/mol. The van der Waals surface area contributed by atoms with Crippen LogP contribution in [0.25, 0.3) is 0 Å². The molecule has 6 nitrogen and oxygen atoms in total. The lowest BCUT2D eigenvalue weighted by Gasteiger charge is -2.14. The molecule has 7 heteroatoms. The van der Waals surface area contributed by atoms with E-state index in [4.69, 9.17) is 5.11 Å². The SMILES string of the molecule is O=C(O)CNC(=O)CN1CC(S)CC1=O. The molecule has 1 aliphatic rings. The fraction of sp³-hybridized carbons (Fsp3) is 0.625. The second kappa shape index (κ2) is 5.01. The molecule has 0 aliphatic carbocycles. The van der Waals surface area contributed by atoms with Crippen LogP contribution >= 0.6 is 12.6 Å². The number of carbonyl (C=O) groups is 3. The van der Waals surface area contributed by atoms with Gasteiger partial charge >= 0.3 is 5.97 Å². The summed E-state index contributed by atoms with van der Waals surface area (Å²) in [6.07, 6.45) is 0.329. The lowest BCUT2D eigenvalue weighted by atomic mass is 10.4. The van der Waals surface area contributed by atoms with Crippen LogP contribution in [0.3, 0.4) is 0 Å². The topological polar surface area (TPSA) is 86.7 Å². The van der Waals surface area contributed by atoms with Gasteiger partial charge in [0.1, 0.15) is 6.54 Å². The summed E-state index contributed by atoms with van der Waals surface area (Å²) in [6, 6.07) is 0. The van der Waals surface area contributed by atoms with Crippen molar-refractivity contribution in [2.45, 2.75) is 11.7 Å². The smallest absolute Gasteiger partial charge is 0.322 e. The van der Waals surface area contributed by atoms with E-state index in [1.165, 1.54) is 4.90 Å². The summed E-state index contributed by atoms with van der Waals surface area (Å²) < 4.78 is 0. The number of rotatable bonds is 4. The van der Waals surface area contributed by atoms with E-state index in [1.807, 2.05) is 0 Å². The van der Waals surface area contributed by atoms with Crippen molar-refractivity contribution in [3.05, 3.63) is 0 Å². The van der Waals surface area contributed by atoms with E-state index in [-0.39, 0.29) is 17.7 Å². The molecule has 1 fully saturated rings. The van der Waals surface area contributed by atoms with Gasteiger partial charge in [-0.15, -0.1) is 0 Å². The molecular formula is C8H12N2O4S. The van der Waals surface area contributed by atoms with Gasteiger partial charge in [0, 0.05) is 18.2 Å². The standard InChI is InChI=1S/C8H12N2O4S/c11-6(9-2-8(13)14)4-10-3-5(15)1-7(10)12/h5,15H,1-4H2,(H,9,11)(H,13,14). The first-order valence-electron chi connectivity index (χ1n) is 4.43. The fourth-order valence-electron chi connectivity index (χ4n) is 1.31. The molecule has 84 valence electrons.